The van der Waals surface area contributed by atoms with Gasteiger partial charge in [-0.1, -0.05) is 30.3 Å². The Hall–Kier alpha value is -2.94. The van der Waals surface area contributed by atoms with E-state index in [4.69, 9.17) is 4.74 Å². The third-order valence-electron chi connectivity index (χ3n) is 5.27. The van der Waals surface area contributed by atoms with Gasteiger partial charge in [0.15, 0.2) is 0 Å². The molecule has 1 fully saturated rings. The highest BCUT2D eigenvalue weighted by Crippen LogP contribution is 2.26. The van der Waals surface area contributed by atoms with E-state index in [1.165, 1.54) is 0 Å². The molecule has 3 rings (SSSR count). The Balaban J connectivity index is 1.35. The number of hydrogen-bond donors (Lipinski definition) is 2. The van der Waals surface area contributed by atoms with Crippen LogP contribution in [0, 0.1) is 5.92 Å². The van der Waals surface area contributed by atoms with Crippen molar-refractivity contribution in [1.82, 2.24) is 10.6 Å². The summed E-state index contributed by atoms with van der Waals surface area (Å²) in [6.07, 6.45) is -3.33. The molecule has 1 atom stereocenters. The monoisotopic (exact) mass is 451 g/mol. The van der Waals surface area contributed by atoms with Crippen LogP contribution in [-0.2, 0) is 17.9 Å². The maximum atomic E-state index is 12.1. The van der Waals surface area contributed by atoms with Gasteiger partial charge in [0.25, 0.3) is 0 Å². The number of carbonyl (C=O) groups is 1. The number of nitrogens with zero attached hydrogens (tertiary/aromatic N) is 1. The number of alkyl halides is 3. The fourth-order valence-corrected chi connectivity index (χ4v) is 3.56. The third kappa shape index (κ3) is 7.64. The van der Waals surface area contributed by atoms with Crippen LogP contribution < -0.4 is 20.3 Å². The van der Waals surface area contributed by atoms with Crippen molar-refractivity contribution in [3.8, 4) is 5.75 Å². The fraction of sp³-hybridized carbons (Fsp3) is 0.435. The number of carbonyl (C=O) groups excluding carboxylic acids is 1. The Labute approximate surface area is 185 Å². The van der Waals surface area contributed by atoms with Crippen molar-refractivity contribution in [3.63, 3.8) is 0 Å². The van der Waals surface area contributed by atoms with Gasteiger partial charge >= 0.3 is 12.2 Å². The van der Waals surface area contributed by atoms with E-state index in [2.05, 4.69) is 26.3 Å². The quantitative estimate of drug-likeness (QED) is 0.603. The molecule has 6 nitrogen and oxygen atoms in total. The highest BCUT2D eigenvalue weighted by atomic mass is 19.4. The number of anilines is 1. The Bertz CT molecular complexity index is 875. The minimum absolute atomic E-state index is 0.109. The van der Waals surface area contributed by atoms with Crippen LogP contribution in [0.3, 0.4) is 0 Å². The SMILES string of the molecule is COc1cccc(N2CCC(CNC(=O)NCc3ccc(COCC(F)(F)F)cc3)C2)c1. The molecular formula is C23H28F3N3O3. The van der Waals surface area contributed by atoms with Crippen molar-refractivity contribution in [2.45, 2.75) is 25.7 Å². The van der Waals surface area contributed by atoms with E-state index < -0.39 is 12.8 Å². The van der Waals surface area contributed by atoms with Gasteiger partial charge in [-0.2, -0.15) is 13.2 Å². The molecule has 9 heteroatoms. The maximum absolute atomic E-state index is 12.1. The first-order valence-corrected chi connectivity index (χ1v) is 10.5. The zero-order valence-corrected chi connectivity index (χ0v) is 18.0. The van der Waals surface area contributed by atoms with Crippen LogP contribution in [0.5, 0.6) is 5.75 Å². The second kappa shape index (κ2) is 11.1. The number of ether oxygens (including phenoxy) is 2. The summed E-state index contributed by atoms with van der Waals surface area (Å²) in [6, 6.07) is 14.6. The summed E-state index contributed by atoms with van der Waals surface area (Å²) in [5.74, 6) is 1.19. The van der Waals surface area contributed by atoms with E-state index in [1.54, 1.807) is 31.4 Å². The molecule has 1 aliphatic rings. The van der Waals surface area contributed by atoms with E-state index in [-0.39, 0.29) is 12.6 Å². The van der Waals surface area contributed by atoms with Crippen molar-refractivity contribution in [3.05, 3.63) is 59.7 Å². The average Bonchev–Trinajstić information content (AvgIpc) is 3.25. The van der Waals surface area contributed by atoms with Crippen LogP contribution in [0.4, 0.5) is 23.7 Å². The van der Waals surface area contributed by atoms with E-state index in [9.17, 15) is 18.0 Å². The summed E-state index contributed by atoms with van der Waals surface area (Å²) in [7, 11) is 1.65. The lowest BCUT2D eigenvalue weighted by Crippen LogP contribution is -2.38. The number of urea groups is 1. The molecule has 0 spiro atoms. The molecule has 0 radical (unpaired) electrons. The Morgan fingerprint density at radius 3 is 2.59 bits per heavy atom. The number of halogens is 3. The van der Waals surface area contributed by atoms with Gasteiger partial charge < -0.3 is 25.0 Å². The summed E-state index contributed by atoms with van der Waals surface area (Å²) in [4.78, 5) is 14.4. The normalized spacial score (nSPS) is 16.1. The predicted octanol–water partition coefficient (Wildman–Crippen LogP) is 4.10. The lowest BCUT2D eigenvalue weighted by Gasteiger charge is -2.19. The molecule has 2 N–H and O–H groups in total. The molecule has 0 saturated carbocycles. The highest BCUT2D eigenvalue weighted by Gasteiger charge is 2.27. The van der Waals surface area contributed by atoms with Crippen LogP contribution in [0.2, 0.25) is 0 Å². The summed E-state index contributed by atoms with van der Waals surface area (Å²) in [6.45, 7) is 1.33. The van der Waals surface area contributed by atoms with Gasteiger partial charge in [0.05, 0.1) is 13.7 Å². The largest absolute Gasteiger partial charge is 0.497 e. The molecular weight excluding hydrogens is 423 g/mol. The zero-order valence-electron chi connectivity index (χ0n) is 18.0. The van der Waals surface area contributed by atoms with E-state index in [0.29, 0.717) is 24.6 Å². The summed E-state index contributed by atoms with van der Waals surface area (Å²) in [5, 5.41) is 5.72. The van der Waals surface area contributed by atoms with Gasteiger partial charge in [-0.3, -0.25) is 0 Å². The lowest BCUT2D eigenvalue weighted by atomic mass is 10.1. The number of hydrogen-bond acceptors (Lipinski definition) is 4. The topological polar surface area (TPSA) is 62.8 Å². The third-order valence-corrected chi connectivity index (χ3v) is 5.27. The Morgan fingerprint density at radius 2 is 1.88 bits per heavy atom. The zero-order chi connectivity index (χ0) is 23.0. The average molecular weight is 451 g/mol. The molecule has 1 aliphatic heterocycles. The number of rotatable bonds is 9. The van der Waals surface area contributed by atoms with Crippen LogP contribution in [0.1, 0.15) is 17.5 Å². The first-order chi connectivity index (χ1) is 15.3. The number of amides is 2. The van der Waals surface area contributed by atoms with Crippen molar-refractivity contribution in [2.75, 3.05) is 38.3 Å². The molecule has 2 amide bonds. The van der Waals surface area contributed by atoms with Crippen molar-refractivity contribution < 1.29 is 27.4 Å². The standard InChI is InChI=1S/C23H28F3N3O3/c1-31-21-4-2-3-20(11-21)29-10-9-19(14-29)13-28-22(30)27-12-17-5-7-18(8-6-17)15-32-16-23(24,25)26/h2-8,11,19H,9-10,12-16H2,1H3,(H2,27,28,30). The minimum atomic E-state index is -4.33. The van der Waals surface area contributed by atoms with E-state index >= 15 is 0 Å². The predicted molar refractivity (Wildman–Crippen MR) is 116 cm³/mol. The number of nitrogens with one attached hydrogen (secondary N) is 2. The molecule has 32 heavy (non-hydrogen) atoms. The Morgan fingerprint density at radius 1 is 1.12 bits per heavy atom. The van der Waals surface area contributed by atoms with Crippen LogP contribution in [0.15, 0.2) is 48.5 Å². The highest BCUT2D eigenvalue weighted by molar-refractivity contribution is 5.73. The molecule has 0 bridgehead atoms. The Kier molecular flexibility index (Phi) is 8.21. The van der Waals surface area contributed by atoms with E-state index in [0.717, 1.165) is 36.5 Å². The van der Waals surface area contributed by atoms with E-state index in [1.807, 2.05) is 18.2 Å². The molecule has 174 valence electrons. The second-order valence-corrected chi connectivity index (χ2v) is 7.79. The number of benzene rings is 2. The smallest absolute Gasteiger partial charge is 0.411 e. The molecule has 1 heterocycles. The molecule has 0 aromatic heterocycles. The van der Waals surface area contributed by atoms with Crippen LogP contribution in [0.25, 0.3) is 0 Å². The van der Waals surface area contributed by atoms with Gasteiger partial charge in [-0.05, 0) is 35.6 Å². The molecule has 2 aromatic carbocycles. The molecule has 1 saturated heterocycles. The first-order valence-electron chi connectivity index (χ1n) is 10.5. The number of methoxy groups -OCH3 is 1. The molecule has 0 aliphatic carbocycles. The fourth-order valence-electron chi connectivity index (χ4n) is 3.56. The molecule has 1 unspecified atom stereocenters. The second-order valence-electron chi connectivity index (χ2n) is 7.79. The van der Waals surface area contributed by atoms with Gasteiger partial charge in [0, 0.05) is 37.9 Å². The maximum Gasteiger partial charge on any atom is 0.411 e. The summed E-state index contributed by atoms with van der Waals surface area (Å²) < 4.78 is 46.2. The van der Waals surface area contributed by atoms with Gasteiger partial charge in [-0.15, -0.1) is 0 Å². The van der Waals surface area contributed by atoms with Gasteiger partial charge in [0.2, 0.25) is 0 Å². The van der Waals surface area contributed by atoms with Crippen molar-refractivity contribution >= 4 is 11.7 Å². The summed E-state index contributed by atoms with van der Waals surface area (Å²) in [5.41, 5.74) is 2.61. The van der Waals surface area contributed by atoms with Crippen LogP contribution >= 0.6 is 0 Å². The van der Waals surface area contributed by atoms with Crippen molar-refractivity contribution in [1.29, 1.82) is 0 Å². The van der Waals surface area contributed by atoms with Gasteiger partial charge in [0.1, 0.15) is 12.4 Å². The van der Waals surface area contributed by atoms with Crippen LogP contribution in [-0.4, -0.2) is 45.6 Å². The summed E-state index contributed by atoms with van der Waals surface area (Å²) >= 11 is 0. The molecule has 2 aromatic rings. The lowest BCUT2D eigenvalue weighted by molar-refractivity contribution is -0.176. The minimum Gasteiger partial charge on any atom is -0.497 e. The van der Waals surface area contributed by atoms with Crippen molar-refractivity contribution in [2.24, 2.45) is 5.92 Å². The van der Waals surface area contributed by atoms with Gasteiger partial charge in [-0.25, -0.2) is 4.79 Å². The first kappa shape index (κ1) is 23.7.